The second kappa shape index (κ2) is 6.86. The number of pyridine rings is 1. The summed E-state index contributed by atoms with van der Waals surface area (Å²) in [7, 11) is 0. The van der Waals surface area contributed by atoms with Crippen LogP contribution in [0.25, 0.3) is 0 Å². The third-order valence-corrected chi connectivity index (χ3v) is 3.71. The van der Waals surface area contributed by atoms with Crippen LogP contribution in [0.4, 0.5) is 0 Å². The Bertz CT molecular complexity index is 536. The van der Waals surface area contributed by atoms with Crippen LogP contribution in [-0.2, 0) is 17.6 Å². The first-order valence-electron chi connectivity index (χ1n) is 6.12. The Labute approximate surface area is 130 Å². The summed E-state index contributed by atoms with van der Waals surface area (Å²) in [5, 5.41) is 9.99. The van der Waals surface area contributed by atoms with Crippen LogP contribution >= 0.6 is 27.5 Å². The van der Waals surface area contributed by atoms with Crippen molar-refractivity contribution in [2.75, 3.05) is 0 Å². The van der Waals surface area contributed by atoms with E-state index in [4.69, 9.17) is 11.6 Å². The minimum atomic E-state index is -0.815. The number of hydrogen-bond donors (Lipinski definition) is 1. The van der Waals surface area contributed by atoms with Gasteiger partial charge in [-0.15, -0.1) is 0 Å². The standard InChI is InChI=1S/C15H13BrClNO2/c16-12-3-6-14(18-9-12)8-11(15(19)20)7-10-1-4-13(17)5-2-10/h1-6,9,11H,7-8H2,(H,19,20). The summed E-state index contributed by atoms with van der Waals surface area (Å²) < 4.78 is 0.880. The lowest BCUT2D eigenvalue weighted by Gasteiger charge is -2.12. The Kier molecular flexibility index (Phi) is 5.15. The second-order valence-electron chi connectivity index (χ2n) is 4.54. The van der Waals surface area contributed by atoms with Gasteiger partial charge < -0.3 is 5.11 Å². The number of benzene rings is 1. The minimum absolute atomic E-state index is 0.408. The summed E-state index contributed by atoms with van der Waals surface area (Å²) in [4.78, 5) is 15.6. The Morgan fingerprint density at radius 2 is 1.90 bits per heavy atom. The van der Waals surface area contributed by atoms with E-state index in [1.54, 1.807) is 18.3 Å². The molecule has 3 nitrogen and oxygen atoms in total. The van der Waals surface area contributed by atoms with Gasteiger partial charge in [-0.05, 0) is 52.2 Å². The fourth-order valence-corrected chi connectivity index (χ4v) is 2.29. The number of aromatic nitrogens is 1. The molecule has 0 radical (unpaired) electrons. The van der Waals surface area contributed by atoms with Crippen LogP contribution < -0.4 is 0 Å². The van der Waals surface area contributed by atoms with E-state index < -0.39 is 11.9 Å². The molecule has 1 atom stereocenters. The minimum Gasteiger partial charge on any atom is -0.481 e. The maximum atomic E-state index is 11.4. The molecule has 0 spiro atoms. The van der Waals surface area contributed by atoms with Gasteiger partial charge in [-0.3, -0.25) is 9.78 Å². The van der Waals surface area contributed by atoms with Gasteiger partial charge in [0.2, 0.25) is 0 Å². The highest BCUT2D eigenvalue weighted by atomic mass is 79.9. The fraction of sp³-hybridized carbons (Fsp3) is 0.200. The van der Waals surface area contributed by atoms with Crippen LogP contribution in [0.3, 0.4) is 0 Å². The van der Waals surface area contributed by atoms with Crippen molar-refractivity contribution in [3.63, 3.8) is 0 Å². The van der Waals surface area contributed by atoms with Crippen LogP contribution in [0, 0.1) is 5.92 Å². The van der Waals surface area contributed by atoms with Gasteiger partial charge in [-0.25, -0.2) is 0 Å². The molecule has 5 heteroatoms. The maximum Gasteiger partial charge on any atom is 0.307 e. The van der Waals surface area contributed by atoms with Crippen LogP contribution in [0.15, 0.2) is 47.1 Å². The third kappa shape index (κ3) is 4.32. The molecule has 1 unspecified atom stereocenters. The van der Waals surface area contributed by atoms with Crippen LogP contribution in [0.1, 0.15) is 11.3 Å². The van der Waals surface area contributed by atoms with Gasteiger partial charge in [-0.1, -0.05) is 23.7 Å². The van der Waals surface area contributed by atoms with Crippen molar-refractivity contribution in [2.24, 2.45) is 5.92 Å². The quantitative estimate of drug-likeness (QED) is 0.883. The number of carbonyl (C=O) groups is 1. The van der Waals surface area contributed by atoms with Crippen molar-refractivity contribution in [3.8, 4) is 0 Å². The van der Waals surface area contributed by atoms with Gasteiger partial charge in [0, 0.05) is 27.8 Å². The SMILES string of the molecule is O=C(O)C(Cc1ccc(Cl)cc1)Cc1ccc(Br)cn1. The zero-order valence-electron chi connectivity index (χ0n) is 10.6. The molecule has 0 fully saturated rings. The first-order chi connectivity index (χ1) is 9.54. The molecule has 0 aliphatic heterocycles. The molecule has 1 aromatic heterocycles. The van der Waals surface area contributed by atoms with Gasteiger partial charge in [0.15, 0.2) is 0 Å². The van der Waals surface area contributed by atoms with E-state index in [0.29, 0.717) is 17.9 Å². The number of halogens is 2. The van der Waals surface area contributed by atoms with Crippen molar-refractivity contribution in [1.29, 1.82) is 0 Å². The number of rotatable bonds is 5. The average molecular weight is 355 g/mol. The molecule has 0 aliphatic rings. The Morgan fingerprint density at radius 1 is 1.20 bits per heavy atom. The number of aliphatic carboxylic acids is 1. The average Bonchev–Trinajstić information content (AvgIpc) is 2.42. The van der Waals surface area contributed by atoms with Crippen LogP contribution in [0.2, 0.25) is 5.02 Å². The molecule has 0 saturated carbocycles. The highest BCUT2D eigenvalue weighted by Crippen LogP contribution is 2.17. The third-order valence-electron chi connectivity index (χ3n) is 2.99. The molecule has 0 saturated heterocycles. The summed E-state index contributed by atoms with van der Waals surface area (Å²) in [5.41, 5.74) is 1.73. The number of carboxylic acids is 1. The lowest BCUT2D eigenvalue weighted by molar-refractivity contribution is -0.141. The summed E-state index contributed by atoms with van der Waals surface area (Å²) in [6, 6.07) is 11.0. The summed E-state index contributed by atoms with van der Waals surface area (Å²) in [5.74, 6) is -1.31. The highest BCUT2D eigenvalue weighted by molar-refractivity contribution is 9.10. The second-order valence-corrected chi connectivity index (χ2v) is 5.89. The van der Waals surface area contributed by atoms with Crippen molar-refractivity contribution in [2.45, 2.75) is 12.8 Å². The van der Waals surface area contributed by atoms with E-state index in [-0.39, 0.29) is 0 Å². The molecule has 20 heavy (non-hydrogen) atoms. The largest absolute Gasteiger partial charge is 0.481 e. The van der Waals surface area contributed by atoms with Gasteiger partial charge in [0.25, 0.3) is 0 Å². The van der Waals surface area contributed by atoms with E-state index in [9.17, 15) is 9.90 Å². The first kappa shape index (κ1) is 15.0. The van der Waals surface area contributed by atoms with Crippen molar-refractivity contribution in [3.05, 3.63) is 63.3 Å². The zero-order chi connectivity index (χ0) is 14.5. The maximum absolute atomic E-state index is 11.4. The van der Waals surface area contributed by atoms with Gasteiger partial charge in [0.05, 0.1) is 5.92 Å². The fourth-order valence-electron chi connectivity index (χ4n) is 1.93. The molecule has 0 amide bonds. The van der Waals surface area contributed by atoms with E-state index in [2.05, 4.69) is 20.9 Å². The van der Waals surface area contributed by atoms with Crippen molar-refractivity contribution >= 4 is 33.5 Å². The topological polar surface area (TPSA) is 50.2 Å². The summed E-state index contributed by atoms with van der Waals surface area (Å²) in [6.45, 7) is 0. The molecule has 1 aromatic carbocycles. The molecular formula is C15H13BrClNO2. The predicted octanol–water partition coefficient (Wildman–Crippen LogP) is 3.98. The monoisotopic (exact) mass is 353 g/mol. The molecule has 0 bridgehead atoms. The molecular weight excluding hydrogens is 342 g/mol. The molecule has 1 N–H and O–H groups in total. The molecule has 104 valence electrons. The lowest BCUT2D eigenvalue weighted by Crippen LogP contribution is -2.19. The van der Waals surface area contributed by atoms with E-state index in [0.717, 1.165) is 15.7 Å². The van der Waals surface area contributed by atoms with Crippen LogP contribution in [0.5, 0.6) is 0 Å². The number of hydrogen-bond acceptors (Lipinski definition) is 2. The highest BCUT2D eigenvalue weighted by Gasteiger charge is 2.19. The van der Waals surface area contributed by atoms with E-state index in [1.807, 2.05) is 24.3 Å². The number of carboxylic acid groups (broad SMARTS) is 1. The Hall–Kier alpha value is -1.39. The van der Waals surface area contributed by atoms with Gasteiger partial charge >= 0.3 is 5.97 Å². The Morgan fingerprint density at radius 3 is 2.45 bits per heavy atom. The van der Waals surface area contributed by atoms with Crippen molar-refractivity contribution < 1.29 is 9.90 Å². The summed E-state index contributed by atoms with van der Waals surface area (Å²) >= 11 is 9.13. The van der Waals surface area contributed by atoms with Gasteiger partial charge in [0.1, 0.15) is 0 Å². The molecule has 2 aromatic rings. The molecule has 2 rings (SSSR count). The lowest BCUT2D eigenvalue weighted by atomic mass is 9.94. The molecule has 0 aliphatic carbocycles. The normalized spacial score (nSPS) is 12.1. The Balaban J connectivity index is 2.09. The van der Waals surface area contributed by atoms with Crippen molar-refractivity contribution in [1.82, 2.24) is 4.98 Å². The van der Waals surface area contributed by atoms with E-state index >= 15 is 0 Å². The predicted molar refractivity (Wildman–Crippen MR) is 81.9 cm³/mol. The van der Waals surface area contributed by atoms with E-state index in [1.165, 1.54) is 0 Å². The first-order valence-corrected chi connectivity index (χ1v) is 7.29. The zero-order valence-corrected chi connectivity index (χ0v) is 12.9. The van der Waals surface area contributed by atoms with Gasteiger partial charge in [-0.2, -0.15) is 0 Å². The van der Waals surface area contributed by atoms with Crippen LogP contribution in [-0.4, -0.2) is 16.1 Å². The summed E-state index contributed by atoms with van der Waals surface area (Å²) in [6.07, 6.45) is 2.55. The smallest absolute Gasteiger partial charge is 0.307 e. The number of nitrogens with zero attached hydrogens (tertiary/aromatic N) is 1. The molecule has 1 heterocycles.